The van der Waals surface area contributed by atoms with E-state index in [1.807, 2.05) is 24.3 Å². The minimum Gasteiger partial charge on any atom is -0.481 e. The van der Waals surface area contributed by atoms with Crippen molar-refractivity contribution in [2.24, 2.45) is 5.92 Å². The molecule has 7 heteroatoms. The molecule has 0 saturated heterocycles. The first-order chi connectivity index (χ1) is 10.6. The summed E-state index contributed by atoms with van der Waals surface area (Å²) in [4.78, 5) is 27.3. The van der Waals surface area contributed by atoms with E-state index in [1.54, 1.807) is 11.3 Å². The van der Waals surface area contributed by atoms with Gasteiger partial charge in [-0.3, -0.25) is 9.59 Å². The van der Waals surface area contributed by atoms with Crippen molar-refractivity contribution in [2.75, 3.05) is 5.75 Å². The molecular formula is C15H16N2O3S2. The fourth-order valence-corrected chi connectivity index (χ4v) is 4.53. The van der Waals surface area contributed by atoms with Crippen LogP contribution in [0.25, 0.3) is 10.2 Å². The number of hydrogen-bond donors (Lipinski definition) is 2. The first kappa shape index (κ1) is 15.3. The molecule has 2 N–H and O–H groups in total. The van der Waals surface area contributed by atoms with E-state index in [9.17, 15) is 9.59 Å². The van der Waals surface area contributed by atoms with Gasteiger partial charge < -0.3 is 10.4 Å². The fraction of sp³-hybridized carbons (Fsp3) is 0.400. The number of nitrogens with one attached hydrogen (secondary N) is 1. The number of amides is 1. The van der Waals surface area contributed by atoms with Crippen LogP contribution in [0.15, 0.2) is 28.6 Å². The Morgan fingerprint density at radius 2 is 2.18 bits per heavy atom. The van der Waals surface area contributed by atoms with Crippen molar-refractivity contribution in [2.45, 2.75) is 29.6 Å². The molecule has 1 saturated carbocycles. The summed E-state index contributed by atoms with van der Waals surface area (Å²) in [6.45, 7) is 0. The number of para-hydroxylation sites is 1. The summed E-state index contributed by atoms with van der Waals surface area (Å²) in [5, 5.41) is 11.9. The van der Waals surface area contributed by atoms with Crippen molar-refractivity contribution >= 4 is 45.2 Å². The Balaban J connectivity index is 1.49. The summed E-state index contributed by atoms with van der Waals surface area (Å²) >= 11 is 3.00. The Morgan fingerprint density at radius 1 is 1.36 bits per heavy atom. The summed E-state index contributed by atoms with van der Waals surface area (Å²) in [6.07, 6.45) is 1.92. The molecule has 1 aliphatic rings. The van der Waals surface area contributed by atoms with Crippen LogP contribution in [0.5, 0.6) is 0 Å². The van der Waals surface area contributed by atoms with Gasteiger partial charge in [-0.1, -0.05) is 23.9 Å². The van der Waals surface area contributed by atoms with Gasteiger partial charge in [-0.25, -0.2) is 4.98 Å². The average Bonchev–Trinajstić information content (AvgIpc) is 3.11. The first-order valence-electron chi connectivity index (χ1n) is 7.12. The summed E-state index contributed by atoms with van der Waals surface area (Å²) < 4.78 is 2.00. The smallest absolute Gasteiger partial charge is 0.306 e. The van der Waals surface area contributed by atoms with E-state index in [0.717, 1.165) is 21.0 Å². The number of rotatable bonds is 5. The zero-order valence-corrected chi connectivity index (χ0v) is 13.5. The van der Waals surface area contributed by atoms with Crippen LogP contribution >= 0.6 is 23.1 Å². The van der Waals surface area contributed by atoms with Crippen molar-refractivity contribution < 1.29 is 14.7 Å². The molecule has 116 valence electrons. The van der Waals surface area contributed by atoms with Gasteiger partial charge in [0.05, 0.1) is 21.9 Å². The molecule has 3 rings (SSSR count). The predicted molar refractivity (Wildman–Crippen MR) is 87.3 cm³/mol. The molecule has 0 aliphatic heterocycles. The van der Waals surface area contributed by atoms with E-state index in [0.29, 0.717) is 18.6 Å². The lowest BCUT2D eigenvalue weighted by molar-refractivity contribution is -0.141. The highest BCUT2D eigenvalue weighted by Crippen LogP contribution is 2.29. The molecular weight excluding hydrogens is 320 g/mol. The van der Waals surface area contributed by atoms with Crippen LogP contribution in [0.3, 0.4) is 0 Å². The Morgan fingerprint density at radius 3 is 2.91 bits per heavy atom. The van der Waals surface area contributed by atoms with Gasteiger partial charge in [-0.15, -0.1) is 11.3 Å². The standard InChI is InChI=1S/C15H16N2O3S2/c18-13(16-10-6-5-9(7-10)14(19)20)8-21-15-17-11-3-1-2-4-12(11)22-15/h1-4,9-10H,5-8H2,(H,16,18)(H,19,20)/t9-,10+/m1/s1. The van der Waals surface area contributed by atoms with Crippen LogP contribution in [0, 0.1) is 5.92 Å². The van der Waals surface area contributed by atoms with Crippen LogP contribution < -0.4 is 5.32 Å². The number of carbonyl (C=O) groups excluding carboxylic acids is 1. The third kappa shape index (κ3) is 3.59. The number of thiazole rings is 1. The number of benzene rings is 1. The Kier molecular flexibility index (Phi) is 4.63. The number of carboxylic acid groups (broad SMARTS) is 1. The second-order valence-corrected chi connectivity index (χ2v) is 7.60. The third-order valence-corrected chi connectivity index (χ3v) is 5.93. The highest BCUT2D eigenvalue weighted by Gasteiger charge is 2.30. The van der Waals surface area contributed by atoms with Crippen LogP contribution in [0.1, 0.15) is 19.3 Å². The van der Waals surface area contributed by atoms with E-state index in [-0.39, 0.29) is 17.9 Å². The molecule has 0 unspecified atom stereocenters. The molecule has 0 radical (unpaired) electrons. The van der Waals surface area contributed by atoms with Crippen molar-refractivity contribution in [3.63, 3.8) is 0 Å². The van der Waals surface area contributed by atoms with E-state index >= 15 is 0 Å². The predicted octanol–water partition coefficient (Wildman–Crippen LogP) is 2.76. The van der Waals surface area contributed by atoms with Gasteiger partial charge in [-0.05, 0) is 31.4 Å². The minimum atomic E-state index is -0.763. The molecule has 2 aromatic rings. The maximum absolute atomic E-state index is 12.0. The number of hydrogen-bond acceptors (Lipinski definition) is 5. The van der Waals surface area contributed by atoms with Crippen LogP contribution in [0.2, 0.25) is 0 Å². The Bertz CT molecular complexity index is 668. The number of thioether (sulfide) groups is 1. The normalized spacial score (nSPS) is 21.1. The molecule has 1 heterocycles. The number of fused-ring (bicyclic) bond motifs is 1. The van der Waals surface area contributed by atoms with Crippen molar-refractivity contribution in [3.8, 4) is 0 Å². The van der Waals surface area contributed by atoms with Gasteiger partial charge in [0, 0.05) is 6.04 Å². The second kappa shape index (κ2) is 6.66. The highest BCUT2D eigenvalue weighted by atomic mass is 32.2. The van der Waals surface area contributed by atoms with Crippen molar-refractivity contribution in [1.82, 2.24) is 10.3 Å². The largest absolute Gasteiger partial charge is 0.481 e. The number of nitrogens with zero attached hydrogens (tertiary/aromatic N) is 1. The van der Waals surface area contributed by atoms with Crippen LogP contribution in [-0.4, -0.2) is 33.8 Å². The molecule has 1 aromatic carbocycles. The number of aliphatic carboxylic acids is 1. The molecule has 22 heavy (non-hydrogen) atoms. The van der Waals surface area contributed by atoms with Gasteiger partial charge in [-0.2, -0.15) is 0 Å². The highest BCUT2D eigenvalue weighted by molar-refractivity contribution is 8.01. The number of carboxylic acids is 1. The molecule has 1 amide bonds. The molecule has 0 spiro atoms. The third-order valence-electron chi connectivity index (χ3n) is 3.75. The number of aromatic nitrogens is 1. The summed E-state index contributed by atoms with van der Waals surface area (Å²) in [7, 11) is 0. The fourth-order valence-electron chi connectivity index (χ4n) is 2.65. The molecule has 1 aromatic heterocycles. The molecule has 0 bridgehead atoms. The molecule has 2 atom stereocenters. The average molecular weight is 336 g/mol. The lowest BCUT2D eigenvalue weighted by Gasteiger charge is -2.11. The van der Waals surface area contributed by atoms with E-state index < -0.39 is 5.97 Å². The van der Waals surface area contributed by atoms with Crippen molar-refractivity contribution in [3.05, 3.63) is 24.3 Å². The lowest BCUT2D eigenvalue weighted by atomic mass is 10.1. The molecule has 1 fully saturated rings. The second-order valence-electron chi connectivity index (χ2n) is 5.35. The summed E-state index contributed by atoms with van der Waals surface area (Å²) in [5.41, 5.74) is 0.954. The Hall–Kier alpha value is -1.60. The Labute approximate surface area is 136 Å². The summed E-state index contributed by atoms with van der Waals surface area (Å²) in [6, 6.07) is 7.88. The topological polar surface area (TPSA) is 79.3 Å². The maximum atomic E-state index is 12.0. The first-order valence-corrected chi connectivity index (χ1v) is 8.92. The van der Waals surface area contributed by atoms with E-state index in [4.69, 9.17) is 5.11 Å². The van der Waals surface area contributed by atoms with E-state index in [1.165, 1.54) is 11.8 Å². The molecule has 1 aliphatic carbocycles. The van der Waals surface area contributed by atoms with Gasteiger partial charge in [0.25, 0.3) is 0 Å². The van der Waals surface area contributed by atoms with Gasteiger partial charge >= 0.3 is 5.97 Å². The number of carbonyl (C=O) groups is 2. The van der Waals surface area contributed by atoms with Gasteiger partial charge in [0.15, 0.2) is 4.34 Å². The molecule has 5 nitrogen and oxygen atoms in total. The maximum Gasteiger partial charge on any atom is 0.306 e. The monoisotopic (exact) mass is 336 g/mol. The van der Waals surface area contributed by atoms with Crippen LogP contribution in [0.4, 0.5) is 0 Å². The minimum absolute atomic E-state index is 0.00966. The zero-order chi connectivity index (χ0) is 15.5. The SMILES string of the molecule is O=C(CSc1nc2ccccc2s1)N[C@H]1CC[C@@H](C(=O)O)C1. The van der Waals surface area contributed by atoms with Crippen LogP contribution in [-0.2, 0) is 9.59 Å². The van der Waals surface area contributed by atoms with E-state index in [2.05, 4.69) is 10.3 Å². The van der Waals surface area contributed by atoms with Gasteiger partial charge in [0.2, 0.25) is 5.91 Å². The quantitative estimate of drug-likeness (QED) is 0.821. The lowest BCUT2D eigenvalue weighted by Crippen LogP contribution is -2.34. The summed E-state index contributed by atoms with van der Waals surface area (Å²) in [5.74, 6) is -0.822. The van der Waals surface area contributed by atoms with Crippen molar-refractivity contribution in [1.29, 1.82) is 0 Å². The van der Waals surface area contributed by atoms with Gasteiger partial charge in [0.1, 0.15) is 0 Å². The zero-order valence-electron chi connectivity index (χ0n) is 11.8.